The zero-order valence-corrected chi connectivity index (χ0v) is 10.6. The van der Waals surface area contributed by atoms with Crippen LogP contribution in [0.1, 0.15) is 17.5 Å². The van der Waals surface area contributed by atoms with E-state index in [0.717, 1.165) is 25.1 Å². The fourth-order valence-corrected chi connectivity index (χ4v) is 2.67. The monoisotopic (exact) mass is 249 g/mol. The molecule has 0 radical (unpaired) electrons. The molecule has 3 rings (SSSR count). The third-order valence-electron chi connectivity index (χ3n) is 3.60. The molecule has 0 saturated heterocycles. The van der Waals surface area contributed by atoms with Crippen LogP contribution in [0.3, 0.4) is 0 Å². The first-order valence-electron chi connectivity index (χ1n) is 6.45. The number of para-hydroxylation sites is 2. The molecule has 0 saturated carbocycles. The van der Waals surface area contributed by atoms with Crippen molar-refractivity contribution < 1.29 is 0 Å². The van der Waals surface area contributed by atoms with Crippen molar-refractivity contribution in [2.24, 2.45) is 0 Å². The standard InChI is InChI=1S/C16H15N3/c17-11-13-6-3-9-15(16(13)18)19-10-4-7-12-5-1-2-8-14(12)19/h1-3,5-6,8-9H,4,7,10,18H2. The Kier molecular flexibility index (Phi) is 2.85. The molecule has 0 fully saturated rings. The Bertz CT molecular complexity index is 655. The summed E-state index contributed by atoms with van der Waals surface area (Å²) in [4.78, 5) is 2.22. The molecule has 0 amide bonds. The van der Waals surface area contributed by atoms with E-state index in [2.05, 4.69) is 29.2 Å². The van der Waals surface area contributed by atoms with Crippen LogP contribution in [-0.2, 0) is 6.42 Å². The maximum absolute atomic E-state index is 9.09. The molecule has 1 heterocycles. The van der Waals surface area contributed by atoms with Gasteiger partial charge >= 0.3 is 0 Å². The van der Waals surface area contributed by atoms with Crippen LogP contribution in [0.5, 0.6) is 0 Å². The van der Waals surface area contributed by atoms with Crippen molar-refractivity contribution >= 4 is 17.1 Å². The zero-order valence-electron chi connectivity index (χ0n) is 10.6. The Balaban J connectivity index is 2.12. The lowest BCUT2D eigenvalue weighted by Gasteiger charge is -2.32. The first kappa shape index (κ1) is 11.6. The summed E-state index contributed by atoms with van der Waals surface area (Å²) in [5, 5.41) is 9.09. The Morgan fingerprint density at radius 2 is 1.84 bits per heavy atom. The highest BCUT2D eigenvalue weighted by Gasteiger charge is 2.20. The van der Waals surface area contributed by atoms with Crippen LogP contribution in [0.25, 0.3) is 0 Å². The number of aryl methyl sites for hydroxylation is 1. The number of nitrogen functional groups attached to an aromatic ring is 1. The van der Waals surface area contributed by atoms with Crippen LogP contribution in [0.4, 0.5) is 17.1 Å². The third kappa shape index (κ3) is 1.92. The van der Waals surface area contributed by atoms with E-state index in [1.54, 1.807) is 6.07 Å². The Labute approximate surface area is 112 Å². The summed E-state index contributed by atoms with van der Waals surface area (Å²) in [6.45, 7) is 0.941. The molecule has 19 heavy (non-hydrogen) atoms. The van der Waals surface area contributed by atoms with Gasteiger partial charge < -0.3 is 10.6 Å². The van der Waals surface area contributed by atoms with Crippen molar-refractivity contribution in [1.29, 1.82) is 5.26 Å². The van der Waals surface area contributed by atoms with Crippen LogP contribution >= 0.6 is 0 Å². The van der Waals surface area contributed by atoms with E-state index in [0.29, 0.717) is 11.3 Å². The van der Waals surface area contributed by atoms with Gasteiger partial charge in [0, 0.05) is 12.2 Å². The molecule has 1 aliphatic heterocycles. The number of rotatable bonds is 1. The van der Waals surface area contributed by atoms with Gasteiger partial charge in [0.1, 0.15) is 6.07 Å². The van der Waals surface area contributed by atoms with E-state index in [1.165, 1.54) is 11.3 Å². The first-order chi connectivity index (χ1) is 9.31. The Morgan fingerprint density at radius 1 is 1.05 bits per heavy atom. The third-order valence-corrected chi connectivity index (χ3v) is 3.60. The lowest BCUT2D eigenvalue weighted by atomic mass is 10.0. The minimum absolute atomic E-state index is 0.542. The van der Waals surface area contributed by atoms with E-state index < -0.39 is 0 Å². The molecule has 3 heteroatoms. The summed E-state index contributed by atoms with van der Waals surface area (Å²) in [7, 11) is 0. The summed E-state index contributed by atoms with van der Waals surface area (Å²) in [6.07, 6.45) is 2.21. The number of nitriles is 1. The minimum Gasteiger partial charge on any atom is -0.396 e. The fourth-order valence-electron chi connectivity index (χ4n) is 2.67. The molecule has 0 unspecified atom stereocenters. The first-order valence-corrected chi connectivity index (χ1v) is 6.45. The number of hydrogen-bond donors (Lipinski definition) is 1. The Morgan fingerprint density at radius 3 is 2.68 bits per heavy atom. The highest BCUT2D eigenvalue weighted by atomic mass is 15.1. The maximum atomic E-state index is 9.09. The second-order valence-corrected chi connectivity index (χ2v) is 4.73. The minimum atomic E-state index is 0.542. The van der Waals surface area contributed by atoms with Crippen molar-refractivity contribution in [3.05, 3.63) is 53.6 Å². The normalized spacial score (nSPS) is 13.7. The molecule has 0 spiro atoms. The van der Waals surface area contributed by atoms with Crippen molar-refractivity contribution in [2.75, 3.05) is 17.2 Å². The number of benzene rings is 2. The van der Waals surface area contributed by atoms with Gasteiger partial charge in [0.15, 0.2) is 0 Å². The average Bonchev–Trinajstić information content (AvgIpc) is 2.47. The van der Waals surface area contributed by atoms with Gasteiger partial charge in [0.25, 0.3) is 0 Å². The highest BCUT2D eigenvalue weighted by molar-refractivity contribution is 5.80. The van der Waals surface area contributed by atoms with Gasteiger partial charge in [-0.05, 0) is 36.6 Å². The number of nitrogens with two attached hydrogens (primary N) is 1. The molecule has 0 atom stereocenters. The van der Waals surface area contributed by atoms with E-state index in [1.807, 2.05) is 18.2 Å². The summed E-state index contributed by atoms with van der Waals surface area (Å²) in [5.74, 6) is 0. The van der Waals surface area contributed by atoms with Gasteiger partial charge in [0.2, 0.25) is 0 Å². The number of fused-ring (bicyclic) bond motifs is 1. The maximum Gasteiger partial charge on any atom is 0.101 e. The number of nitrogens with zero attached hydrogens (tertiary/aromatic N) is 2. The number of anilines is 3. The van der Waals surface area contributed by atoms with Crippen molar-refractivity contribution in [3.63, 3.8) is 0 Å². The molecule has 0 aliphatic carbocycles. The van der Waals surface area contributed by atoms with Crippen molar-refractivity contribution in [3.8, 4) is 6.07 Å². The molecule has 0 aromatic heterocycles. The SMILES string of the molecule is N#Cc1cccc(N2CCCc3ccccc32)c1N. The molecule has 2 aromatic carbocycles. The van der Waals surface area contributed by atoms with E-state index >= 15 is 0 Å². The fraction of sp³-hybridized carbons (Fsp3) is 0.188. The lowest BCUT2D eigenvalue weighted by molar-refractivity contribution is 0.767. The average molecular weight is 249 g/mol. The highest BCUT2D eigenvalue weighted by Crippen LogP contribution is 2.37. The van der Waals surface area contributed by atoms with Gasteiger partial charge in [0.05, 0.1) is 16.9 Å². The molecule has 3 nitrogen and oxygen atoms in total. The topological polar surface area (TPSA) is 53.0 Å². The van der Waals surface area contributed by atoms with Crippen LogP contribution in [0.2, 0.25) is 0 Å². The van der Waals surface area contributed by atoms with E-state index in [4.69, 9.17) is 11.0 Å². The molecule has 94 valence electrons. The van der Waals surface area contributed by atoms with Crippen LogP contribution in [-0.4, -0.2) is 6.54 Å². The molecule has 1 aliphatic rings. The van der Waals surface area contributed by atoms with Gasteiger partial charge in [-0.25, -0.2) is 0 Å². The zero-order chi connectivity index (χ0) is 13.2. The van der Waals surface area contributed by atoms with E-state index in [9.17, 15) is 0 Å². The Hall–Kier alpha value is -2.47. The van der Waals surface area contributed by atoms with E-state index in [-0.39, 0.29) is 0 Å². The van der Waals surface area contributed by atoms with Gasteiger partial charge in [-0.1, -0.05) is 24.3 Å². The smallest absolute Gasteiger partial charge is 0.101 e. The summed E-state index contributed by atoms with van der Waals surface area (Å²) < 4.78 is 0. The van der Waals surface area contributed by atoms with Gasteiger partial charge in [-0.3, -0.25) is 0 Å². The summed E-state index contributed by atoms with van der Waals surface area (Å²) in [6, 6.07) is 16.2. The quantitative estimate of drug-likeness (QED) is 0.789. The summed E-state index contributed by atoms with van der Waals surface area (Å²) in [5.41, 5.74) is 10.7. The predicted molar refractivity (Wildman–Crippen MR) is 77.3 cm³/mol. The molecular weight excluding hydrogens is 234 g/mol. The van der Waals surface area contributed by atoms with Crippen LogP contribution < -0.4 is 10.6 Å². The van der Waals surface area contributed by atoms with Gasteiger partial charge in [-0.15, -0.1) is 0 Å². The van der Waals surface area contributed by atoms with Crippen LogP contribution in [0.15, 0.2) is 42.5 Å². The largest absolute Gasteiger partial charge is 0.396 e. The molecule has 2 aromatic rings. The summed E-state index contributed by atoms with van der Waals surface area (Å²) >= 11 is 0. The number of hydrogen-bond acceptors (Lipinski definition) is 3. The lowest BCUT2D eigenvalue weighted by Crippen LogP contribution is -2.25. The van der Waals surface area contributed by atoms with Gasteiger partial charge in [-0.2, -0.15) is 5.26 Å². The second kappa shape index (κ2) is 4.66. The predicted octanol–water partition coefficient (Wildman–Crippen LogP) is 3.22. The second-order valence-electron chi connectivity index (χ2n) is 4.73. The molecule has 2 N–H and O–H groups in total. The molecular formula is C16H15N3. The van der Waals surface area contributed by atoms with Crippen LogP contribution in [0, 0.1) is 11.3 Å². The van der Waals surface area contributed by atoms with Crippen molar-refractivity contribution in [2.45, 2.75) is 12.8 Å². The van der Waals surface area contributed by atoms with Crippen molar-refractivity contribution in [1.82, 2.24) is 0 Å². The molecule has 0 bridgehead atoms.